The van der Waals surface area contributed by atoms with Crippen LogP contribution in [0.3, 0.4) is 0 Å². The molecule has 4 aromatic rings. The van der Waals surface area contributed by atoms with Crippen LogP contribution in [-0.2, 0) is 7.05 Å². The van der Waals surface area contributed by atoms with Crippen molar-refractivity contribution in [3.05, 3.63) is 72.4 Å². The van der Waals surface area contributed by atoms with E-state index < -0.39 is 0 Å². The van der Waals surface area contributed by atoms with Crippen molar-refractivity contribution in [2.24, 2.45) is 7.05 Å². The third kappa shape index (κ3) is 2.45. The molecule has 0 spiro atoms. The molecule has 0 N–H and O–H groups in total. The molecule has 4 nitrogen and oxygen atoms in total. The molecule has 4 rings (SSSR count). The number of fused-ring (bicyclic) bond motifs is 1. The van der Waals surface area contributed by atoms with Gasteiger partial charge in [-0.1, -0.05) is 24.3 Å². The summed E-state index contributed by atoms with van der Waals surface area (Å²) in [6, 6.07) is 16.1. The van der Waals surface area contributed by atoms with E-state index in [9.17, 15) is 4.39 Å². The van der Waals surface area contributed by atoms with Gasteiger partial charge < -0.3 is 4.57 Å². The molecule has 2 aromatic carbocycles. The molecule has 25 heavy (non-hydrogen) atoms. The fraction of sp³-hybridized carbons (Fsp3) is 0.0500. The molecule has 0 amide bonds. The van der Waals surface area contributed by atoms with Crippen LogP contribution in [0.25, 0.3) is 33.4 Å². The van der Waals surface area contributed by atoms with Gasteiger partial charge in [-0.15, -0.1) is 0 Å². The minimum Gasteiger partial charge on any atom is -0.333 e. The lowest BCUT2D eigenvalue weighted by Gasteiger charge is -2.10. The van der Waals surface area contributed by atoms with E-state index in [1.807, 2.05) is 29.8 Å². The van der Waals surface area contributed by atoms with E-state index in [1.54, 1.807) is 36.8 Å². The Hall–Kier alpha value is -3.52. The van der Waals surface area contributed by atoms with E-state index in [0.29, 0.717) is 22.3 Å². The number of benzene rings is 2. The lowest BCUT2D eigenvalue weighted by atomic mass is 9.99. The average molecular weight is 328 g/mol. The van der Waals surface area contributed by atoms with Crippen molar-refractivity contribution in [2.45, 2.75) is 0 Å². The molecule has 0 radical (unpaired) electrons. The van der Waals surface area contributed by atoms with Crippen LogP contribution in [0.2, 0.25) is 0 Å². The first-order valence-electron chi connectivity index (χ1n) is 7.74. The summed E-state index contributed by atoms with van der Waals surface area (Å²) in [4.78, 5) is 8.82. The van der Waals surface area contributed by atoms with Crippen molar-refractivity contribution >= 4 is 10.8 Å². The van der Waals surface area contributed by atoms with Gasteiger partial charge in [0.15, 0.2) is 0 Å². The molecule has 0 aliphatic heterocycles. The van der Waals surface area contributed by atoms with E-state index in [-0.39, 0.29) is 5.82 Å². The maximum absolute atomic E-state index is 14.2. The van der Waals surface area contributed by atoms with E-state index in [4.69, 9.17) is 5.26 Å². The van der Waals surface area contributed by atoms with Crippen molar-refractivity contribution in [2.75, 3.05) is 0 Å². The van der Waals surface area contributed by atoms with Crippen LogP contribution in [-0.4, -0.2) is 14.5 Å². The standard InChI is InChI=1S/C20H13FN4/c1-25-12-24-19(18-10-13(11-22)8-9-23-18)20(25)16-6-7-17(21)15-5-3-2-4-14(15)16/h2-10,12H,1H3. The summed E-state index contributed by atoms with van der Waals surface area (Å²) in [5, 5.41) is 10.5. The molecule has 120 valence electrons. The lowest BCUT2D eigenvalue weighted by molar-refractivity contribution is 0.640. The predicted molar refractivity (Wildman–Crippen MR) is 94.1 cm³/mol. The van der Waals surface area contributed by atoms with Gasteiger partial charge in [-0.05, 0) is 29.7 Å². The Labute approximate surface area is 143 Å². The topological polar surface area (TPSA) is 54.5 Å². The fourth-order valence-corrected chi connectivity index (χ4v) is 3.03. The third-order valence-electron chi connectivity index (χ3n) is 4.19. The molecule has 5 heteroatoms. The number of halogens is 1. The molecule has 0 saturated carbocycles. The Kier molecular flexibility index (Phi) is 3.51. The molecule has 0 fully saturated rings. The molecule has 0 bridgehead atoms. The number of aryl methyl sites for hydroxylation is 1. The molecule has 2 heterocycles. The number of nitriles is 1. The zero-order valence-electron chi connectivity index (χ0n) is 13.4. The Morgan fingerprint density at radius 2 is 1.84 bits per heavy atom. The molecule has 0 unspecified atom stereocenters. The molecule has 0 atom stereocenters. The first kappa shape index (κ1) is 15.0. The Balaban J connectivity index is 2.01. The SMILES string of the molecule is Cn1cnc(-c2cc(C#N)ccn2)c1-c1ccc(F)c2ccccc12. The molecule has 0 aliphatic carbocycles. The number of pyridine rings is 1. The van der Waals surface area contributed by atoms with Crippen LogP contribution in [0.4, 0.5) is 4.39 Å². The summed E-state index contributed by atoms with van der Waals surface area (Å²) in [6.07, 6.45) is 3.29. The van der Waals surface area contributed by atoms with Gasteiger partial charge in [0.1, 0.15) is 11.5 Å². The number of aromatic nitrogens is 3. The summed E-state index contributed by atoms with van der Waals surface area (Å²) in [5.41, 5.74) is 3.50. The Morgan fingerprint density at radius 1 is 1.04 bits per heavy atom. The van der Waals surface area contributed by atoms with E-state index >= 15 is 0 Å². The largest absolute Gasteiger partial charge is 0.333 e. The number of nitrogens with zero attached hydrogens (tertiary/aromatic N) is 4. The molecular formula is C20H13FN4. The van der Waals surface area contributed by atoms with Gasteiger partial charge in [-0.3, -0.25) is 4.98 Å². The van der Waals surface area contributed by atoms with Crippen molar-refractivity contribution in [1.29, 1.82) is 5.26 Å². The van der Waals surface area contributed by atoms with E-state index in [0.717, 1.165) is 16.6 Å². The monoisotopic (exact) mass is 328 g/mol. The molecular weight excluding hydrogens is 315 g/mol. The average Bonchev–Trinajstić information content (AvgIpc) is 3.04. The summed E-state index contributed by atoms with van der Waals surface area (Å²) < 4.78 is 16.0. The van der Waals surface area contributed by atoms with Crippen LogP contribution in [0.1, 0.15) is 5.56 Å². The fourth-order valence-electron chi connectivity index (χ4n) is 3.03. The third-order valence-corrected chi connectivity index (χ3v) is 4.19. The van der Waals surface area contributed by atoms with Crippen LogP contribution >= 0.6 is 0 Å². The van der Waals surface area contributed by atoms with Crippen LogP contribution in [0.15, 0.2) is 61.1 Å². The Bertz CT molecular complexity index is 1140. The van der Waals surface area contributed by atoms with Gasteiger partial charge in [0.05, 0.1) is 29.3 Å². The lowest BCUT2D eigenvalue weighted by Crippen LogP contribution is -1.95. The predicted octanol–water partition coefficient (Wildman–Crippen LogP) is 4.31. The zero-order valence-corrected chi connectivity index (χ0v) is 13.4. The normalized spacial score (nSPS) is 10.8. The van der Waals surface area contributed by atoms with Gasteiger partial charge >= 0.3 is 0 Å². The van der Waals surface area contributed by atoms with Crippen molar-refractivity contribution in [3.8, 4) is 28.7 Å². The van der Waals surface area contributed by atoms with E-state index in [2.05, 4.69) is 16.0 Å². The van der Waals surface area contributed by atoms with Crippen LogP contribution < -0.4 is 0 Å². The van der Waals surface area contributed by atoms with Gasteiger partial charge in [-0.2, -0.15) is 5.26 Å². The van der Waals surface area contributed by atoms with Crippen LogP contribution in [0.5, 0.6) is 0 Å². The number of hydrogen-bond donors (Lipinski definition) is 0. The highest BCUT2D eigenvalue weighted by molar-refractivity contribution is 5.98. The van der Waals surface area contributed by atoms with Gasteiger partial charge in [0.25, 0.3) is 0 Å². The highest BCUT2D eigenvalue weighted by atomic mass is 19.1. The van der Waals surface area contributed by atoms with Crippen molar-refractivity contribution < 1.29 is 4.39 Å². The second-order valence-corrected chi connectivity index (χ2v) is 5.73. The second-order valence-electron chi connectivity index (χ2n) is 5.73. The van der Waals surface area contributed by atoms with Gasteiger partial charge in [-0.25, -0.2) is 9.37 Å². The van der Waals surface area contributed by atoms with Gasteiger partial charge in [0, 0.05) is 24.2 Å². The maximum atomic E-state index is 14.2. The zero-order chi connectivity index (χ0) is 17.4. The minimum absolute atomic E-state index is 0.257. The first-order valence-corrected chi connectivity index (χ1v) is 7.74. The highest BCUT2D eigenvalue weighted by Gasteiger charge is 2.17. The summed E-state index contributed by atoms with van der Waals surface area (Å²) in [6.45, 7) is 0. The maximum Gasteiger partial charge on any atom is 0.131 e. The van der Waals surface area contributed by atoms with Crippen molar-refractivity contribution in [1.82, 2.24) is 14.5 Å². The minimum atomic E-state index is -0.257. The van der Waals surface area contributed by atoms with E-state index in [1.165, 1.54) is 6.07 Å². The quantitative estimate of drug-likeness (QED) is 0.551. The summed E-state index contributed by atoms with van der Waals surface area (Å²) in [7, 11) is 1.89. The second kappa shape index (κ2) is 5.84. The van der Waals surface area contributed by atoms with Crippen molar-refractivity contribution in [3.63, 3.8) is 0 Å². The molecule has 0 aliphatic rings. The summed E-state index contributed by atoms with van der Waals surface area (Å²) in [5.74, 6) is -0.257. The smallest absolute Gasteiger partial charge is 0.131 e. The van der Waals surface area contributed by atoms with Crippen LogP contribution in [0, 0.1) is 17.1 Å². The summed E-state index contributed by atoms with van der Waals surface area (Å²) >= 11 is 0. The van der Waals surface area contributed by atoms with Gasteiger partial charge in [0.2, 0.25) is 0 Å². The highest BCUT2D eigenvalue weighted by Crippen LogP contribution is 2.35. The Morgan fingerprint density at radius 3 is 2.64 bits per heavy atom. The number of rotatable bonds is 2. The first-order chi connectivity index (χ1) is 12.2. The molecule has 2 aromatic heterocycles. The molecule has 0 saturated heterocycles. The number of hydrogen-bond acceptors (Lipinski definition) is 3. The number of imidazole rings is 1.